The van der Waals surface area contributed by atoms with Crippen LogP contribution in [-0.4, -0.2) is 24.6 Å². The Morgan fingerprint density at radius 2 is 2.21 bits per heavy atom. The largest absolute Gasteiger partial charge is 0.496 e. The van der Waals surface area contributed by atoms with Gasteiger partial charge < -0.3 is 4.74 Å². The molecule has 0 aliphatic carbocycles. The van der Waals surface area contributed by atoms with Crippen LogP contribution in [-0.2, 0) is 6.54 Å². The molecule has 98 valence electrons. The lowest BCUT2D eigenvalue weighted by molar-refractivity contribution is 0.174. The van der Waals surface area contributed by atoms with Gasteiger partial charge in [-0.3, -0.25) is 4.90 Å². The summed E-state index contributed by atoms with van der Waals surface area (Å²) in [6.07, 6.45) is 3.17. The first kappa shape index (κ1) is 13.4. The Morgan fingerprint density at radius 3 is 2.89 bits per heavy atom. The van der Waals surface area contributed by atoms with E-state index in [1.165, 1.54) is 0 Å². The van der Waals surface area contributed by atoms with Gasteiger partial charge in [0.2, 0.25) is 0 Å². The van der Waals surface area contributed by atoms with Crippen molar-refractivity contribution in [3.8, 4) is 17.9 Å². The third kappa shape index (κ3) is 3.05. The highest BCUT2D eigenvalue weighted by molar-refractivity contribution is 5.42. The number of methoxy groups -OCH3 is 1. The van der Waals surface area contributed by atoms with E-state index in [2.05, 4.69) is 17.0 Å². The molecule has 1 atom stereocenters. The molecular formula is C15H17N3O. The van der Waals surface area contributed by atoms with E-state index in [0.717, 1.165) is 37.1 Å². The Kier molecular flexibility index (Phi) is 4.39. The van der Waals surface area contributed by atoms with Gasteiger partial charge in [-0.2, -0.15) is 10.5 Å². The molecule has 0 N–H and O–H groups in total. The number of rotatable bonds is 3. The minimum atomic E-state index is -0.0239. The molecule has 1 aromatic carbocycles. The molecule has 0 bridgehead atoms. The molecule has 1 unspecified atom stereocenters. The van der Waals surface area contributed by atoms with E-state index in [9.17, 15) is 5.26 Å². The maximum atomic E-state index is 9.19. The lowest BCUT2D eigenvalue weighted by Gasteiger charge is -2.31. The highest BCUT2D eigenvalue weighted by atomic mass is 16.5. The fraction of sp³-hybridized carbons (Fsp3) is 0.467. The van der Waals surface area contributed by atoms with Crippen molar-refractivity contribution in [1.29, 1.82) is 10.5 Å². The Hall–Kier alpha value is -2.04. The fourth-order valence-corrected chi connectivity index (χ4v) is 2.52. The van der Waals surface area contributed by atoms with Crippen LogP contribution >= 0.6 is 0 Å². The van der Waals surface area contributed by atoms with Crippen molar-refractivity contribution in [1.82, 2.24) is 4.90 Å². The maximum absolute atomic E-state index is 9.19. The molecule has 4 heteroatoms. The topological polar surface area (TPSA) is 60.0 Å². The standard InChI is InChI=1S/C15H17N3O/c1-19-15-6-5-12(9-16)8-13(15)11-18-7-3-2-4-14(18)10-17/h5-6,8,14H,2-4,7,11H2,1H3. The van der Waals surface area contributed by atoms with Crippen molar-refractivity contribution in [3.05, 3.63) is 29.3 Å². The van der Waals surface area contributed by atoms with Crippen molar-refractivity contribution in [3.63, 3.8) is 0 Å². The minimum Gasteiger partial charge on any atom is -0.496 e. The van der Waals surface area contributed by atoms with Crippen LogP contribution in [0.4, 0.5) is 0 Å². The van der Waals surface area contributed by atoms with Gasteiger partial charge in [-0.05, 0) is 44.0 Å². The first-order valence-electron chi connectivity index (χ1n) is 6.49. The zero-order chi connectivity index (χ0) is 13.7. The van der Waals surface area contributed by atoms with Gasteiger partial charge >= 0.3 is 0 Å². The first-order chi connectivity index (χ1) is 9.28. The second-order valence-corrected chi connectivity index (χ2v) is 4.75. The normalized spacial score (nSPS) is 19.4. The highest BCUT2D eigenvalue weighted by Gasteiger charge is 2.23. The number of ether oxygens (including phenoxy) is 1. The lowest BCUT2D eigenvalue weighted by Crippen LogP contribution is -2.37. The van der Waals surface area contributed by atoms with Gasteiger partial charge in [0.1, 0.15) is 5.75 Å². The van der Waals surface area contributed by atoms with Gasteiger partial charge in [-0.25, -0.2) is 0 Å². The van der Waals surface area contributed by atoms with Crippen molar-refractivity contribution < 1.29 is 4.74 Å². The van der Waals surface area contributed by atoms with Gasteiger partial charge in [0.25, 0.3) is 0 Å². The Balaban J connectivity index is 2.22. The summed E-state index contributed by atoms with van der Waals surface area (Å²) in [6.45, 7) is 1.59. The summed E-state index contributed by atoms with van der Waals surface area (Å²) in [6, 6.07) is 9.90. The van der Waals surface area contributed by atoms with Crippen LogP contribution in [0.25, 0.3) is 0 Å². The summed E-state index contributed by atoms with van der Waals surface area (Å²) in [5.41, 5.74) is 1.60. The Morgan fingerprint density at radius 1 is 1.37 bits per heavy atom. The number of nitriles is 2. The molecule has 19 heavy (non-hydrogen) atoms. The Bertz CT molecular complexity index is 527. The van der Waals surface area contributed by atoms with E-state index >= 15 is 0 Å². The average Bonchev–Trinajstić information content (AvgIpc) is 2.47. The first-order valence-corrected chi connectivity index (χ1v) is 6.49. The smallest absolute Gasteiger partial charge is 0.123 e. The third-order valence-electron chi connectivity index (χ3n) is 3.55. The van der Waals surface area contributed by atoms with Crippen molar-refractivity contribution >= 4 is 0 Å². The molecule has 1 aliphatic rings. The van der Waals surface area contributed by atoms with Gasteiger partial charge in [0.15, 0.2) is 0 Å². The number of nitrogens with zero attached hydrogens (tertiary/aromatic N) is 3. The molecule has 1 saturated heterocycles. The molecule has 0 amide bonds. The summed E-state index contributed by atoms with van der Waals surface area (Å²) < 4.78 is 5.34. The van der Waals surface area contributed by atoms with E-state index in [1.807, 2.05) is 12.1 Å². The highest BCUT2D eigenvalue weighted by Crippen LogP contribution is 2.25. The van der Waals surface area contributed by atoms with Crippen LogP contribution in [0.5, 0.6) is 5.75 Å². The summed E-state index contributed by atoms with van der Waals surface area (Å²) in [5.74, 6) is 0.779. The molecule has 0 spiro atoms. The van der Waals surface area contributed by atoms with Crippen LogP contribution in [0.2, 0.25) is 0 Å². The number of benzene rings is 1. The molecule has 4 nitrogen and oxygen atoms in total. The van der Waals surface area contributed by atoms with Crippen molar-refractivity contribution in [2.24, 2.45) is 0 Å². The third-order valence-corrected chi connectivity index (χ3v) is 3.55. The second-order valence-electron chi connectivity index (χ2n) is 4.75. The van der Waals surface area contributed by atoms with E-state index in [1.54, 1.807) is 13.2 Å². The number of hydrogen-bond acceptors (Lipinski definition) is 4. The van der Waals surface area contributed by atoms with Gasteiger partial charge in [-0.1, -0.05) is 0 Å². The molecule has 1 aromatic rings. The summed E-state index contributed by atoms with van der Waals surface area (Å²) in [7, 11) is 1.63. The van der Waals surface area contributed by atoms with Crippen LogP contribution in [0.3, 0.4) is 0 Å². The number of piperidine rings is 1. The molecular weight excluding hydrogens is 238 g/mol. The van der Waals surface area contributed by atoms with E-state index in [-0.39, 0.29) is 6.04 Å². The number of likely N-dealkylation sites (tertiary alicyclic amines) is 1. The van der Waals surface area contributed by atoms with Crippen LogP contribution in [0.15, 0.2) is 18.2 Å². The maximum Gasteiger partial charge on any atom is 0.123 e. The zero-order valence-electron chi connectivity index (χ0n) is 11.1. The summed E-state index contributed by atoms with van der Waals surface area (Å²) in [4.78, 5) is 2.17. The predicted molar refractivity (Wildman–Crippen MR) is 71.4 cm³/mol. The SMILES string of the molecule is COc1ccc(C#N)cc1CN1CCCCC1C#N. The van der Waals surface area contributed by atoms with Crippen LogP contribution < -0.4 is 4.74 Å². The Labute approximate surface area is 113 Å². The molecule has 0 saturated carbocycles. The molecule has 1 aliphatic heterocycles. The van der Waals surface area contributed by atoms with Gasteiger partial charge in [0.05, 0.1) is 30.9 Å². The van der Waals surface area contributed by atoms with E-state index < -0.39 is 0 Å². The van der Waals surface area contributed by atoms with Crippen molar-refractivity contribution in [2.75, 3.05) is 13.7 Å². The molecule has 1 heterocycles. The second kappa shape index (κ2) is 6.22. The monoisotopic (exact) mass is 255 g/mol. The number of hydrogen-bond donors (Lipinski definition) is 0. The fourth-order valence-electron chi connectivity index (χ4n) is 2.52. The minimum absolute atomic E-state index is 0.0239. The molecule has 0 radical (unpaired) electrons. The lowest BCUT2D eigenvalue weighted by atomic mass is 10.0. The van der Waals surface area contributed by atoms with E-state index in [4.69, 9.17) is 10.00 Å². The molecule has 1 fully saturated rings. The van der Waals surface area contributed by atoms with Crippen molar-refractivity contribution in [2.45, 2.75) is 31.8 Å². The van der Waals surface area contributed by atoms with Gasteiger partial charge in [0, 0.05) is 12.1 Å². The summed E-state index contributed by atoms with van der Waals surface area (Å²) >= 11 is 0. The van der Waals surface area contributed by atoms with Gasteiger partial charge in [-0.15, -0.1) is 0 Å². The molecule has 2 rings (SSSR count). The quantitative estimate of drug-likeness (QED) is 0.832. The average molecular weight is 255 g/mol. The predicted octanol–water partition coefficient (Wildman–Crippen LogP) is 2.44. The van der Waals surface area contributed by atoms with Crippen LogP contribution in [0.1, 0.15) is 30.4 Å². The zero-order valence-corrected chi connectivity index (χ0v) is 11.1. The van der Waals surface area contributed by atoms with Crippen LogP contribution in [0, 0.1) is 22.7 Å². The molecule has 0 aromatic heterocycles. The summed E-state index contributed by atoms with van der Waals surface area (Å²) in [5, 5.41) is 18.2. The van der Waals surface area contributed by atoms with E-state index in [0.29, 0.717) is 12.1 Å².